The van der Waals surface area contributed by atoms with Gasteiger partial charge in [-0.15, -0.1) is 0 Å². The maximum absolute atomic E-state index is 12.5. The molecule has 0 aliphatic heterocycles. The van der Waals surface area contributed by atoms with Gasteiger partial charge in [0.25, 0.3) is 5.91 Å². The zero-order valence-electron chi connectivity index (χ0n) is 13.6. The zero-order chi connectivity index (χ0) is 17.0. The fraction of sp³-hybridized carbons (Fsp3) is 0.375. The van der Waals surface area contributed by atoms with Crippen molar-refractivity contribution >= 4 is 17.6 Å². The summed E-state index contributed by atoms with van der Waals surface area (Å²) < 4.78 is 4.99. The van der Waals surface area contributed by atoms with Crippen molar-refractivity contribution < 1.29 is 14.3 Å². The molecule has 2 aromatic heterocycles. The quantitative estimate of drug-likeness (QED) is 0.845. The molecule has 23 heavy (non-hydrogen) atoms. The lowest BCUT2D eigenvalue weighted by molar-refractivity contribution is 0.0517. The van der Waals surface area contributed by atoms with E-state index in [1.54, 1.807) is 25.3 Å². The van der Waals surface area contributed by atoms with E-state index in [1.807, 2.05) is 20.8 Å². The number of anilines is 1. The highest BCUT2D eigenvalue weighted by Gasteiger charge is 2.28. The smallest absolute Gasteiger partial charge is 0.357 e. The Labute approximate surface area is 134 Å². The first-order chi connectivity index (χ1) is 10.8. The number of nitrogens with zero attached hydrogens (tertiary/aromatic N) is 2. The number of rotatable bonds is 4. The second-order valence-electron chi connectivity index (χ2n) is 5.98. The number of pyridine rings is 1. The van der Waals surface area contributed by atoms with E-state index in [-0.39, 0.29) is 23.4 Å². The number of hydrogen-bond acceptors (Lipinski definition) is 5. The van der Waals surface area contributed by atoms with Gasteiger partial charge in [0, 0.05) is 11.6 Å². The molecule has 2 aromatic rings. The standard InChI is InChI=1S/C16H20N4O3/c1-5-23-14(22)12-11(19-15(20-12)16(2,3)4)13(21)18-10-7-6-8-17-9-10/h6-9H,5H2,1-4H3,(H,18,21)(H,19,20). The molecular formula is C16H20N4O3. The Hall–Kier alpha value is -2.70. The highest BCUT2D eigenvalue weighted by molar-refractivity contribution is 6.09. The van der Waals surface area contributed by atoms with Crippen molar-refractivity contribution in [1.29, 1.82) is 0 Å². The van der Waals surface area contributed by atoms with Crippen LogP contribution in [0.15, 0.2) is 24.5 Å². The Morgan fingerprint density at radius 3 is 2.65 bits per heavy atom. The number of esters is 1. The number of aromatic nitrogens is 3. The number of imidazole rings is 1. The van der Waals surface area contributed by atoms with E-state index in [4.69, 9.17) is 4.74 Å². The molecule has 2 N–H and O–H groups in total. The highest BCUT2D eigenvalue weighted by atomic mass is 16.5. The van der Waals surface area contributed by atoms with Crippen LogP contribution in [0, 0.1) is 0 Å². The van der Waals surface area contributed by atoms with Gasteiger partial charge in [-0.25, -0.2) is 9.78 Å². The minimum Gasteiger partial charge on any atom is -0.461 e. The average molecular weight is 316 g/mol. The first kappa shape index (κ1) is 16.7. The summed E-state index contributed by atoms with van der Waals surface area (Å²) in [7, 11) is 0. The molecule has 7 nitrogen and oxygen atoms in total. The topological polar surface area (TPSA) is 97.0 Å². The second-order valence-corrected chi connectivity index (χ2v) is 5.98. The number of carbonyl (C=O) groups is 2. The number of aromatic amines is 1. The third-order valence-corrected chi connectivity index (χ3v) is 3.03. The normalized spacial score (nSPS) is 11.1. The van der Waals surface area contributed by atoms with Crippen molar-refractivity contribution in [3.63, 3.8) is 0 Å². The fourth-order valence-electron chi connectivity index (χ4n) is 1.87. The summed E-state index contributed by atoms with van der Waals surface area (Å²) in [6.45, 7) is 7.72. The van der Waals surface area contributed by atoms with Crippen molar-refractivity contribution in [1.82, 2.24) is 15.0 Å². The van der Waals surface area contributed by atoms with Crippen molar-refractivity contribution in [2.45, 2.75) is 33.1 Å². The molecule has 0 atom stereocenters. The molecule has 0 spiro atoms. The number of nitrogens with one attached hydrogen (secondary N) is 2. The number of H-pyrrole nitrogens is 1. The molecule has 7 heteroatoms. The second kappa shape index (κ2) is 6.60. The fourth-order valence-corrected chi connectivity index (χ4v) is 1.87. The van der Waals surface area contributed by atoms with Crippen molar-refractivity contribution in [2.24, 2.45) is 0 Å². The monoisotopic (exact) mass is 316 g/mol. The summed E-state index contributed by atoms with van der Waals surface area (Å²) >= 11 is 0. The number of hydrogen-bond donors (Lipinski definition) is 2. The van der Waals surface area contributed by atoms with Gasteiger partial charge in [-0.1, -0.05) is 20.8 Å². The van der Waals surface area contributed by atoms with Crippen LogP contribution < -0.4 is 5.32 Å². The lowest BCUT2D eigenvalue weighted by Crippen LogP contribution is -2.18. The van der Waals surface area contributed by atoms with Gasteiger partial charge < -0.3 is 15.0 Å². The van der Waals surface area contributed by atoms with Gasteiger partial charge in [0.15, 0.2) is 11.4 Å². The number of ether oxygens (including phenoxy) is 1. The third-order valence-electron chi connectivity index (χ3n) is 3.03. The maximum atomic E-state index is 12.5. The van der Waals surface area contributed by atoms with Crippen LogP contribution in [0.4, 0.5) is 5.69 Å². The SMILES string of the molecule is CCOC(=O)c1[nH]c(C(C)(C)C)nc1C(=O)Nc1cccnc1. The van der Waals surface area contributed by atoms with E-state index in [9.17, 15) is 9.59 Å². The Kier molecular flexibility index (Phi) is 4.78. The molecule has 0 aliphatic rings. The van der Waals surface area contributed by atoms with Crippen LogP contribution in [0.2, 0.25) is 0 Å². The molecule has 122 valence electrons. The minimum atomic E-state index is -0.605. The molecule has 0 saturated carbocycles. The minimum absolute atomic E-state index is 0.0113. The van der Waals surface area contributed by atoms with Gasteiger partial charge in [0.2, 0.25) is 0 Å². The van der Waals surface area contributed by atoms with Gasteiger partial charge >= 0.3 is 5.97 Å². The van der Waals surface area contributed by atoms with E-state index in [0.29, 0.717) is 11.5 Å². The van der Waals surface area contributed by atoms with Crippen LogP contribution in [-0.4, -0.2) is 33.4 Å². The Morgan fingerprint density at radius 1 is 1.35 bits per heavy atom. The molecule has 0 unspecified atom stereocenters. The van der Waals surface area contributed by atoms with Crippen LogP contribution in [0.3, 0.4) is 0 Å². The van der Waals surface area contributed by atoms with Crippen LogP contribution in [-0.2, 0) is 10.2 Å². The van der Waals surface area contributed by atoms with Gasteiger partial charge in [-0.2, -0.15) is 0 Å². The molecular weight excluding hydrogens is 296 g/mol. The van der Waals surface area contributed by atoms with E-state index >= 15 is 0 Å². The summed E-state index contributed by atoms with van der Waals surface area (Å²) in [5.74, 6) is -0.559. The lowest BCUT2D eigenvalue weighted by Gasteiger charge is -2.13. The molecule has 1 amide bonds. The Balaban J connectivity index is 2.37. The average Bonchev–Trinajstić information content (AvgIpc) is 2.94. The number of carbonyl (C=O) groups excluding carboxylic acids is 2. The molecule has 0 aromatic carbocycles. The first-order valence-corrected chi connectivity index (χ1v) is 7.32. The van der Waals surface area contributed by atoms with Crippen LogP contribution in [0.25, 0.3) is 0 Å². The summed E-state index contributed by atoms with van der Waals surface area (Å²) in [4.78, 5) is 35.7. The molecule has 2 heterocycles. The maximum Gasteiger partial charge on any atom is 0.357 e. The summed E-state index contributed by atoms with van der Waals surface area (Å²) in [5, 5.41) is 2.67. The summed E-state index contributed by atoms with van der Waals surface area (Å²) in [6, 6.07) is 3.40. The Bertz CT molecular complexity index is 702. The molecule has 0 radical (unpaired) electrons. The van der Waals surface area contributed by atoms with Crippen molar-refractivity contribution in [3.8, 4) is 0 Å². The Morgan fingerprint density at radius 2 is 2.09 bits per heavy atom. The van der Waals surface area contributed by atoms with Gasteiger partial charge in [0.1, 0.15) is 5.82 Å². The molecule has 2 rings (SSSR count). The number of amides is 1. The van der Waals surface area contributed by atoms with Gasteiger partial charge in [0.05, 0.1) is 18.5 Å². The van der Waals surface area contributed by atoms with Gasteiger partial charge in [-0.3, -0.25) is 9.78 Å². The van der Waals surface area contributed by atoms with Crippen LogP contribution >= 0.6 is 0 Å². The van der Waals surface area contributed by atoms with Crippen molar-refractivity contribution in [3.05, 3.63) is 41.7 Å². The largest absolute Gasteiger partial charge is 0.461 e. The van der Waals surface area contributed by atoms with Crippen molar-refractivity contribution in [2.75, 3.05) is 11.9 Å². The van der Waals surface area contributed by atoms with E-state index in [1.165, 1.54) is 6.20 Å². The van der Waals surface area contributed by atoms with Gasteiger partial charge in [-0.05, 0) is 19.1 Å². The predicted octanol–water partition coefficient (Wildman–Crippen LogP) is 2.53. The lowest BCUT2D eigenvalue weighted by atomic mass is 9.96. The summed E-state index contributed by atoms with van der Waals surface area (Å²) in [6.07, 6.45) is 3.12. The van der Waals surface area contributed by atoms with E-state index < -0.39 is 11.9 Å². The van der Waals surface area contributed by atoms with Crippen LogP contribution in [0.1, 0.15) is 54.5 Å². The summed E-state index contributed by atoms with van der Waals surface area (Å²) in [5.41, 5.74) is 0.247. The molecule has 0 fully saturated rings. The predicted molar refractivity (Wildman–Crippen MR) is 85.4 cm³/mol. The third kappa shape index (κ3) is 3.94. The zero-order valence-corrected chi connectivity index (χ0v) is 13.6. The van der Waals surface area contributed by atoms with E-state index in [2.05, 4.69) is 20.3 Å². The molecule has 0 bridgehead atoms. The first-order valence-electron chi connectivity index (χ1n) is 7.32. The molecule has 0 saturated heterocycles. The van der Waals surface area contributed by atoms with Crippen LogP contribution in [0.5, 0.6) is 0 Å². The molecule has 0 aliphatic carbocycles. The highest BCUT2D eigenvalue weighted by Crippen LogP contribution is 2.22. The van der Waals surface area contributed by atoms with E-state index in [0.717, 1.165) is 0 Å².